The van der Waals surface area contributed by atoms with Gasteiger partial charge in [0.25, 0.3) is 0 Å². The maximum Gasteiger partial charge on any atom is 0.0618 e. The van der Waals surface area contributed by atoms with Gasteiger partial charge in [-0.05, 0) is 25.2 Å². The van der Waals surface area contributed by atoms with E-state index in [0.29, 0.717) is 13.0 Å². The molecule has 3 heteroatoms. The molecule has 1 rings (SSSR count). The molecule has 1 unspecified atom stereocenters. The summed E-state index contributed by atoms with van der Waals surface area (Å²) in [5.74, 6) is 0.765. The fourth-order valence-corrected chi connectivity index (χ4v) is 1.81. The highest BCUT2D eigenvalue weighted by molar-refractivity contribution is 4.67. The van der Waals surface area contributed by atoms with Crippen LogP contribution in [0.1, 0.15) is 32.1 Å². The van der Waals surface area contributed by atoms with E-state index in [1.54, 1.807) is 0 Å². The lowest BCUT2D eigenvalue weighted by atomic mass is 10.1. The highest BCUT2D eigenvalue weighted by Gasteiger charge is 2.15. The van der Waals surface area contributed by atoms with E-state index >= 15 is 0 Å². The number of aliphatic hydroxyl groups excluding tert-OH is 1. The molecule has 1 aliphatic rings. The molecule has 0 aromatic carbocycles. The molecule has 0 bridgehead atoms. The van der Waals surface area contributed by atoms with Gasteiger partial charge in [-0.3, -0.25) is 0 Å². The van der Waals surface area contributed by atoms with Gasteiger partial charge in [0, 0.05) is 19.3 Å². The van der Waals surface area contributed by atoms with E-state index in [1.807, 2.05) is 0 Å². The first-order valence-corrected chi connectivity index (χ1v) is 5.27. The van der Waals surface area contributed by atoms with Gasteiger partial charge in [0.05, 0.1) is 6.61 Å². The predicted octanol–water partition coefficient (Wildman–Crippen LogP) is 0.903. The van der Waals surface area contributed by atoms with Crippen molar-refractivity contribution in [2.45, 2.75) is 38.1 Å². The van der Waals surface area contributed by atoms with Gasteiger partial charge < -0.3 is 15.6 Å². The molecule has 1 atom stereocenters. The molecular weight excluding hydrogens is 166 g/mol. The SMILES string of the molecule is NC(CCO)COCC1CCCC1. The summed E-state index contributed by atoms with van der Waals surface area (Å²) in [6.07, 6.45) is 5.99. The molecule has 0 saturated heterocycles. The number of aliphatic hydroxyl groups is 1. The molecule has 3 nitrogen and oxygen atoms in total. The van der Waals surface area contributed by atoms with Gasteiger partial charge in [0.1, 0.15) is 0 Å². The first-order chi connectivity index (χ1) is 6.33. The summed E-state index contributed by atoms with van der Waals surface area (Å²) in [6, 6.07) is 0.00593. The Balaban J connectivity index is 1.93. The molecule has 1 aliphatic carbocycles. The molecular formula is C10H21NO2. The normalized spacial score (nSPS) is 20.8. The second kappa shape index (κ2) is 6.35. The third-order valence-corrected chi connectivity index (χ3v) is 2.66. The van der Waals surface area contributed by atoms with Crippen LogP contribution >= 0.6 is 0 Å². The van der Waals surface area contributed by atoms with E-state index in [0.717, 1.165) is 12.5 Å². The van der Waals surface area contributed by atoms with Crippen LogP contribution in [-0.4, -0.2) is 31.0 Å². The van der Waals surface area contributed by atoms with Crippen LogP contribution < -0.4 is 5.73 Å². The van der Waals surface area contributed by atoms with E-state index < -0.39 is 0 Å². The first kappa shape index (κ1) is 11.0. The minimum absolute atomic E-state index is 0.00593. The Morgan fingerprint density at radius 1 is 1.38 bits per heavy atom. The predicted molar refractivity (Wildman–Crippen MR) is 52.5 cm³/mol. The highest BCUT2D eigenvalue weighted by atomic mass is 16.5. The van der Waals surface area contributed by atoms with Crippen molar-refractivity contribution < 1.29 is 9.84 Å². The zero-order chi connectivity index (χ0) is 9.52. The topological polar surface area (TPSA) is 55.5 Å². The van der Waals surface area contributed by atoms with Crippen LogP contribution in [0, 0.1) is 5.92 Å². The molecule has 0 heterocycles. The number of nitrogens with two attached hydrogens (primary N) is 1. The Bertz CT molecular complexity index is 124. The van der Waals surface area contributed by atoms with E-state index in [9.17, 15) is 0 Å². The Kier molecular flexibility index (Phi) is 5.35. The average Bonchev–Trinajstić information content (AvgIpc) is 2.57. The minimum Gasteiger partial charge on any atom is -0.396 e. The van der Waals surface area contributed by atoms with Crippen molar-refractivity contribution in [1.82, 2.24) is 0 Å². The number of hydrogen-bond acceptors (Lipinski definition) is 3. The largest absolute Gasteiger partial charge is 0.396 e. The van der Waals surface area contributed by atoms with Crippen LogP contribution in [0.3, 0.4) is 0 Å². The summed E-state index contributed by atoms with van der Waals surface area (Å²) >= 11 is 0. The minimum atomic E-state index is 0.00593. The van der Waals surface area contributed by atoms with Crippen LogP contribution in [0.25, 0.3) is 0 Å². The van der Waals surface area contributed by atoms with Crippen molar-refractivity contribution in [3.63, 3.8) is 0 Å². The maximum absolute atomic E-state index is 8.61. The number of rotatable bonds is 6. The van der Waals surface area contributed by atoms with Crippen LogP contribution in [0.2, 0.25) is 0 Å². The second-order valence-electron chi connectivity index (χ2n) is 3.96. The molecule has 1 saturated carbocycles. The number of hydrogen-bond donors (Lipinski definition) is 2. The third kappa shape index (κ3) is 4.60. The highest BCUT2D eigenvalue weighted by Crippen LogP contribution is 2.24. The van der Waals surface area contributed by atoms with Gasteiger partial charge in [0.2, 0.25) is 0 Å². The summed E-state index contributed by atoms with van der Waals surface area (Å²) < 4.78 is 5.50. The van der Waals surface area contributed by atoms with Crippen molar-refractivity contribution in [1.29, 1.82) is 0 Å². The van der Waals surface area contributed by atoms with Crippen molar-refractivity contribution >= 4 is 0 Å². The lowest BCUT2D eigenvalue weighted by Crippen LogP contribution is -2.28. The van der Waals surface area contributed by atoms with Crippen LogP contribution in [0.4, 0.5) is 0 Å². The maximum atomic E-state index is 8.61. The second-order valence-corrected chi connectivity index (χ2v) is 3.96. The average molecular weight is 187 g/mol. The molecule has 0 aromatic heterocycles. The molecule has 3 N–H and O–H groups in total. The van der Waals surface area contributed by atoms with E-state index in [2.05, 4.69) is 0 Å². The molecule has 0 spiro atoms. The molecule has 78 valence electrons. The van der Waals surface area contributed by atoms with Gasteiger partial charge in [-0.1, -0.05) is 12.8 Å². The van der Waals surface area contributed by atoms with Crippen LogP contribution in [0.15, 0.2) is 0 Å². The Labute approximate surface area is 80.3 Å². The van der Waals surface area contributed by atoms with Crippen molar-refractivity contribution in [3.05, 3.63) is 0 Å². The van der Waals surface area contributed by atoms with E-state index in [4.69, 9.17) is 15.6 Å². The summed E-state index contributed by atoms with van der Waals surface area (Å²) in [5.41, 5.74) is 5.68. The van der Waals surface area contributed by atoms with Gasteiger partial charge in [0.15, 0.2) is 0 Å². The fourth-order valence-electron chi connectivity index (χ4n) is 1.81. The van der Waals surface area contributed by atoms with Gasteiger partial charge >= 0.3 is 0 Å². The van der Waals surface area contributed by atoms with E-state index in [1.165, 1.54) is 25.7 Å². The summed E-state index contributed by atoms with van der Waals surface area (Å²) in [5, 5.41) is 8.61. The lowest BCUT2D eigenvalue weighted by Gasteiger charge is -2.13. The summed E-state index contributed by atoms with van der Waals surface area (Å²) in [7, 11) is 0. The zero-order valence-electron chi connectivity index (χ0n) is 8.24. The monoisotopic (exact) mass is 187 g/mol. The third-order valence-electron chi connectivity index (χ3n) is 2.66. The molecule has 0 radical (unpaired) electrons. The van der Waals surface area contributed by atoms with Gasteiger partial charge in [-0.25, -0.2) is 0 Å². The van der Waals surface area contributed by atoms with Crippen LogP contribution in [0.5, 0.6) is 0 Å². The molecule has 0 aromatic rings. The quantitative estimate of drug-likeness (QED) is 0.649. The van der Waals surface area contributed by atoms with Crippen molar-refractivity contribution in [2.24, 2.45) is 11.7 Å². The van der Waals surface area contributed by atoms with E-state index in [-0.39, 0.29) is 12.6 Å². The van der Waals surface area contributed by atoms with Crippen LogP contribution in [-0.2, 0) is 4.74 Å². The smallest absolute Gasteiger partial charge is 0.0618 e. The standard InChI is InChI=1S/C10H21NO2/c11-10(5-6-12)8-13-7-9-3-1-2-4-9/h9-10,12H,1-8,11H2. The Hall–Kier alpha value is -0.120. The zero-order valence-corrected chi connectivity index (χ0v) is 8.24. The summed E-state index contributed by atoms with van der Waals surface area (Å²) in [4.78, 5) is 0. The summed E-state index contributed by atoms with van der Waals surface area (Å²) in [6.45, 7) is 1.62. The Morgan fingerprint density at radius 3 is 2.69 bits per heavy atom. The first-order valence-electron chi connectivity index (χ1n) is 5.27. The van der Waals surface area contributed by atoms with Gasteiger partial charge in [-0.2, -0.15) is 0 Å². The molecule has 13 heavy (non-hydrogen) atoms. The van der Waals surface area contributed by atoms with Gasteiger partial charge in [-0.15, -0.1) is 0 Å². The fraction of sp³-hybridized carbons (Fsp3) is 1.00. The lowest BCUT2D eigenvalue weighted by molar-refractivity contribution is 0.0847. The molecule has 0 amide bonds. The van der Waals surface area contributed by atoms with Crippen molar-refractivity contribution in [3.8, 4) is 0 Å². The molecule has 0 aliphatic heterocycles. The van der Waals surface area contributed by atoms with Crippen molar-refractivity contribution in [2.75, 3.05) is 19.8 Å². The Morgan fingerprint density at radius 2 is 2.08 bits per heavy atom. The molecule has 1 fully saturated rings. The number of ether oxygens (including phenoxy) is 1.